The smallest absolute Gasteiger partial charge is 0.375 e. The third kappa shape index (κ3) is 6.26. The first kappa shape index (κ1) is 18.8. The number of methoxy groups -OCH3 is 1. The van der Waals surface area contributed by atoms with Crippen LogP contribution in [0.4, 0.5) is 17.6 Å². The minimum atomic E-state index is -4.66. The molecule has 2 N–H and O–H groups in total. The van der Waals surface area contributed by atoms with Crippen LogP contribution < -0.4 is 9.44 Å². The SMILES string of the molecule is CO[C@@H](c1ccc(F)cc1)[C@@H](C)NS(=O)(=O)NCC(F)(F)F. The zero-order chi connectivity index (χ0) is 17.0. The fourth-order valence-corrected chi connectivity index (χ4v) is 2.86. The van der Waals surface area contributed by atoms with E-state index in [4.69, 9.17) is 4.74 Å². The summed E-state index contributed by atoms with van der Waals surface area (Å²) in [6, 6.07) is 4.27. The second-order valence-corrected chi connectivity index (χ2v) is 6.09. The fourth-order valence-electron chi connectivity index (χ4n) is 1.81. The van der Waals surface area contributed by atoms with Crippen molar-refractivity contribution in [3.05, 3.63) is 35.6 Å². The van der Waals surface area contributed by atoms with Crippen molar-refractivity contribution in [2.75, 3.05) is 13.7 Å². The van der Waals surface area contributed by atoms with Gasteiger partial charge in [-0.2, -0.15) is 31.0 Å². The molecule has 10 heteroatoms. The van der Waals surface area contributed by atoms with Crippen molar-refractivity contribution >= 4 is 10.2 Å². The summed E-state index contributed by atoms with van der Waals surface area (Å²) in [7, 11) is -3.05. The second-order valence-electron chi connectivity index (χ2n) is 4.55. The molecule has 0 saturated heterocycles. The average Bonchev–Trinajstić information content (AvgIpc) is 2.38. The Hall–Kier alpha value is -1.23. The summed E-state index contributed by atoms with van der Waals surface area (Å²) in [6.07, 6.45) is -5.45. The molecular formula is C12H16F4N2O3S. The van der Waals surface area contributed by atoms with Crippen molar-refractivity contribution in [1.29, 1.82) is 0 Å². The van der Waals surface area contributed by atoms with Gasteiger partial charge < -0.3 is 4.74 Å². The van der Waals surface area contributed by atoms with Gasteiger partial charge in [0.1, 0.15) is 12.4 Å². The van der Waals surface area contributed by atoms with E-state index in [-0.39, 0.29) is 0 Å². The lowest BCUT2D eigenvalue weighted by molar-refractivity contribution is -0.121. The summed E-state index contributed by atoms with van der Waals surface area (Å²) < 4.78 is 80.6. The molecular weight excluding hydrogens is 328 g/mol. The monoisotopic (exact) mass is 344 g/mol. The molecule has 0 fully saturated rings. The molecule has 1 rings (SSSR count). The molecule has 0 saturated carbocycles. The van der Waals surface area contributed by atoms with Gasteiger partial charge >= 0.3 is 6.18 Å². The Morgan fingerprint density at radius 3 is 2.23 bits per heavy atom. The van der Waals surface area contributed by atoms with Crippen LogP contribution in [0, 0.1) is 5.82 Å². The van der Waals surface area contributed by atoms with E-state index < -0.39 is 40.9 Å². The van der Waals surface area contributed by atoms with Crippen molar-refractivity contribution in [1.82, 2.24) is 9.44 Å². The van der Waals surface area contributed by atoms with Gasteiger partial charge in [-0.1, -0.05) is 12.1 Å². The molecule has 0 aliphatic heterocycles. The van der Waals surface area contributed by atoms with Crippen molar-refractivity contribution in [3.8, 4) is 0 Å². The predicted molar refractivity (Wildman–Crippen MR) is 71.7 cm³/mol. The summed E-state index contributed by atoms with van der Waals surface area (Å²) in [5.41, 5.74) is 0.481. The van der Waals surface area contributed by atoms with Crippen molar-refractivity contribution in [2.45, 2.75) is 25.2 Å². The Labute approximate surface area is 125 Å². The van der Waals surface area contributed by atoms with Gasteiger partial charge in [-0.05, 0) is 24.6 Å². The highest BCUT2D eigenvalue weighted by Crippen LogP contribution is 2.21. The maximum Gasteiger partial charge on any atom is 0.402 e. The minimum Gasteiger partial charge on any atom is -0.375 e. The number of nitrogens with one attached hydrogen (secondary N) is 2. The molecule has 1 aromatic carbocycles. The van der Waals surface area contributed by atoms with Crippen LogP contribution in [0.15, 0.2) is 24.3 Å². The number of rotatable bonds is 7. The van der Waals surface area contributed by atoms with Crippen molar-refractivity contribution in [2.24, 2.45) is 0 Å². The first-order valence-electron chi connectivity index (χ1n) is 6.16. The zero-order valence-electron chi connectivity index (χ0n) is 11.8. The van der Waals surface area contributed by atoms with E-state index in [2.05, 4.69) is 0 Å². The standard InChI is InChI=1S/C12H16F4N2O3S/c1-8(18-22(19,20)17-7-12(14,15)16)11(21-2)9-3-5-10(13)6-4-9/h3-6,8,11,17-18H,7H2,1-2H3/t8-,11-/m1/s1. The van der Waals surface area contributed by atoms with Gasteiger partial charge in [0.2, 0.25) is 0 Å². The molecule has 1 aromatic rings. The van der Waals surface area contributed by atoms with Crippen LogP contribution in [-0.2, 0) is 14.9 Å². The highest BCUT2D eigenvalue weighted by molar-refractivity contribution is 7.87. The van der Waals surface area contributed by atoms with Crippen LogP contribution >= 0.6 is 0 Å². The van der Waals surface area contributed by atoms with Crippen LogP contribution in [0.1, 0.15) is 18.6 Å². The van der Waals surface area contributed by atoms with Gasteiger partial charge in [0.25, 0.3) is 10.2 Å². The molecule has 0 unspecified atom stereocenters. The van der Waals surface area contributed by atoms with E-state index >= 15 is 0 Å². The van der Waals surface area contributed by atoms with Gasteiger partial charge in [0.15, 0.2) is 0 Å². The van der Waals surface area contributed by atoms with Crippen molar-refractivity contribution in [3.63, 3.8) is 0 Å². The first-order valence-corrected chi connectivity index (χ1v) is 7.64. The highest BCUT2D eigenvalue weighted by Gasteiger charge is 2.31. The third-order valence-corrected chi connectivity index (χ3v) is 3.92. The number of hydrogen-bond acceptors (Lipinski definition) is 3. The maximum absolute atomic E-state index is 12.9. The Balaban J connectivity index is 2.76. The van der Waals surface area contributed by atoms with Crippen LogP contribution in [0.3, 0.4) is 0 Å². The molecule has 0 heterocycles. The Bertz CT molecular complexity index is 575. The van der Waals surface area contributed by atoms with E-state index in [1.54, 1.807) is 0 Å². The molecule has 0 amide bonds. The Morgan fingerprint density at radius 1 is 1.23 bits per heavy atom. The summed E-state index contributed by atoms with van der Waals surface area (Å²) in [5, 5.41) is 0. The van der Waals surface area contributed by atoms with E-state index in [0.717, 1.165) is 0 Å². The van der Waals surface area contributed by atoms with E-state index in [1.165, 1.54) is 43.0 Å². The van der Waals surface area contributed by atoms with Crippen LogP contribution in [0.5, 0.6) is 0 Å². The molecule has 0 spiro atoms. The van der Waals surface area contributed by atoms with Gasteiger partial charge in [-0.25, -0.2) is 4.39 Å². The maximum atomic E-state index is 12.9. The van der Waals surface area contributed by atoms with E-state index in [9.17, 15) is 26.0 Å². The van der Waals surface area contributed by atoms with E-state index in [0.29, 0.717) is 5.56 Å². The fraction of sp³-hybridized carbons (Fsp3) is 0.500. The highest BCUT2D eigenvalue weighted by atomic mass is 32.2. The molecule has 0 radical (unpaired) electrons. The molecule has 0 bridgehead atoms. The lowest BCUT2D eigenvalue weighted by atomic mass is 10.0. The first-order chi connectivity index (χ1) is 10.0. The predicted octanol–water partition coefficient (Wildman–Crippen LogP) is 1.89. The number of alkyl halides is 3. The largest absolute Gasteiger partial charge is 0.402 e. The summed E-state index contributed by atoms with van der Waals surface area (Å²) in [6.45, 7) is -0.256. The van der Waals surface area contributed by atoms with E-state index in [1.807, 2.05) is 4.72 Å². The zero-order valence-corrected chi connectivity index (χ0v) is 12.6. The molecule has 22 heavy (non-hydrogen) atoms. The van der Waals surface area contributed by atoms with Crippen LogP contribution in [0.25, 0.3) is 0 Å². The lowest BCUT2D eigenvalue weighted by Gasteiger charge is -2.24. The van der Waals surface area contributed by atoms with Gasteiger partial charge in [0.05, 0.1) is 12.1 Å². The molecule has 2 atom stereocenters. The Kier molecular flexibility index (Phi) is 6.29. The molecule has 0 aliphatic rings. The topological polar surface area (TPSA) is 67.4 Å². The molecule has 0 aliphatic carbocycles. The molecule has 126 valence electrons. The number of ether oxygens (including phenoxy) is 1. The Morgan fingerprint density at radius 2 is 1.77 bits per heavy atom. The lowest BCUT2D eigenvalue weighted by Crippen LogP contribution is -2.46. The van der Waals surface area contributed by atoms with Gasteiger partial charge in [0, 0.05) is 7.11 Å². The van der Waals surface area contributed by atoms with Crippen LogP contribution in [0.2, 0.25) is 0 Å². The van der Waals surface area contributed by atoms with Crippen LogP contribution in [-0.4, -0.2) is 34.3 Å². The summed E-state index contributed by atoms with van der Waals surface area (Å²) in [5.74, 6) is -0.473. The number of halogens is 4. The minimum absolute atomic E-state index is 0.473. The number of benzene rings is 1. The van der Waals surface area contributed by atoms with Crippen molar-refractivity contribution < 1.29 is 30.7 Å². The van der Waals surface area contributed by atoms with Gasteiger partial charge in [-0.15, -0.1) is 0 Å². The average molecular weight is 344 g/mol. The summed E-state index contributed by atoms with van der Waals surface area (Å²) in [4.78, 5) is 0. The molecule has 0 aromatic heterocycles. The molecule has 5 nitrogen and oxygen atoms in total. The summed E-state index contributed by atoms with van der Waals surface area (Å²) >= 11 is 0. The van der Waals surface area contributed by atoms with Gasteiger partial charge in [-0.3, -0.25) is 0 Å². The second kappa shape index (κ2) is 7.36. The third-order valence-electron chi connectivity index (χ3n) is 2.71. The normalized spacial score (nSPS) is 15.5. The quantitative estimate of drug-likeness (QED) is 0.743. The number of hydrogen-bond donors (Lipinski definition) is 2.